The van der Waals surface area contributed by atoms with E-state index in [1.54, 1.807) is 0 Å². The van der Waals surface area contributed by atoms with Crippen LogP contribution in [0.25, 0.3) is 0 Å². The lowest BCUT2D eigenvalue weighted by molar-refractivity contribution is 0.0580. The molecule has 1 saturated carbocycles. The number of amides is 1. The van der Waals surface area contributed by atoms with Crippen LogP contribution >= 0.6 is 15.9 Å². The van der Waals surface area contributed by atoms with Gasteiger partial charge in [0.05, 0.1) is 11.3 Å². The van der Waals surface area contributed by atoms with Gasteiger partial charge in [-0.15, -0.1) is 0 Å². The van der Waals surface area contributed by atoms with E-state index in [-0.39, 0.29) is 5.91 Å². The van der Waals surface area contributed by atoms with Crippen molar-refractivity contribution >= 4 is 21.8 Å². The Balaban J connectivity index is 2.17. The Kier molecular flexibility index (Phi) is 4.97. The first-order valence-corrected chi connectivity index (χ1v) is 8.07. The molecule has 0 aromatic carbocycles. The molecule has 0 bridgehead atoms. The third kappa shape index (κ3) is 3.35. The molecule has 0 atom stereocenters. The molecule has 0 radical (unpaired) electrons. The Bertz CT molecular complexity index is 457. The van der Waals surface area contributed by atoms with Crippen molar-refractivity contribution in [3.63, 3.8) is 0 Å². The molecule has 0 N–H and O–H groups in total. The maximum Gasteiger partial charge on any atom is 0.255 e. The number of rotatable bonds is 5. The molecule has 3 nitrogen and oxygen atoms in total. The van der Waals surface area contributed by atoms with E-state index in [0.717, 1.165) is 48.1 Å². The Morgan fingerprint density at radius 3 is 2.68 bits per heavy atom. The second-order valence-corrected chi connectivity index (χ2v) is 6.00. The SMILES string of the molecule is Cc1ccc(C(=O)N(CCCBr)C2CCC2)c(C)n1. The minimum atomic E-state index is 0.149. The monoisotopic (exact) mass is 324 g/mol. The average molecular weight is 325 g/mol. The molecule has 1 fully saturated rings. The van der Waals surface area contributed by atoms with Gasteiger partial charge in [-0.25, -0.2) is 0 Å². The number of alkyl halides is 1. The summed E-state index contributed by atoms with van der Waals surface area (Å²) in [6.45, 7) is 4.71. The number of carbonyl (C=O) groups is 1. The normalized spacial score (nSPS) is 15.1. The maximum absolute atomic E-state index is 12.7. The van der Waals surface area contributed by atoms with Crippen LogP contribution in [0.2, 0.25) is 0 Å². The van der Waals surface area contributed by atoms with Gasteiger partial charge in [0.1, 0.15) is 0 Å². The minimum absolute atomic E-state index is 0.149. The molecule has 4 heteroatoms. The van der Waals surface area contributed by atoms with Crippen LogP contribution < -0.4 is 0 Å². The van der Waals surface area contributed by atoms with Crippen LogP contribution in [0.4, 0.5) is 0 Å². The molecule has 1 heterocycles. The van der Waals surface area contributed by atoms with Crippen LogP contribution in [0, 0.1) is 13.8 Å². The zero-order valence-corrected chi connectivity index (χ0v) is 13.2. The van der Waals surface area contributed by atoms with Gasteiger partial charge < -0.3 is 4.90 Å². The van der Waals surface area contributed by atoms with E-state index < -0.39 is 0 Å². The predicted octanol–water partition coefficient (Wildman–Crippen LogP) is 3.48. The van der Waals surface area contributed by atoms with E-state index >= 15 is 0 Å². The summed E-state index contributed by atoms with van der Waals surface area (Å²) in [4.78, 5) is 19.1. The lowest BCUT2D eigenvalue weighted by atomic mass is 9.90. The van der Waals surface area contributed by atoms with Crippen molar-refractivity contribution in [1.29, 1.82) is 0 Å². The zero-order chi connectivity index (χ0) is 13.8. The van der Waals surface area contributed by atoms with E-state index in [0.29, 0.717) is 6.04 Å². The van der Waals surface area contributed by atoms with Crippen molar-refractivity contribution < 1.29 is 4.79 Å². The summed E-state index contributed by atoms with van der Waals surface area (Å²) in [7, 11) is 0. The van der Waals surface area contributed by atoms with Crippen molar-refractivity contribution in [2.75, 3.05) is 11.9 Å². The Labute approximate surface area is 123 Å². The zero-order valence-electron chi connectivity index (χ0n) is 11.7. The van der Waals surface area contributed by atoms with Gasteiger partial charge >= 0.3 is 0 Å². The number of pyridine rings is 1. The molecule has 104 valence electrons. The topological polar surface area (TPSA) is 33.2 Å². The van der Waals surface area contributed by atoms with E-state index in [9.17, 15) is 4.79 Å². The molecule has 0 spiro atoms. The van der Waals surface area contributed by atoms with Crippen LogP contribution in [-0.4, -0.2) is 33.7 Å². The number of nitrogens with zero attached hydrogens (tertiary/aromatic N) is 2. The number of halogens is 1. The molecule has 1 aromatic rings. The van der Waals surface area contributed by atoms with E-state index in [2.05, 4.69) is 20.9 Å². The second-order valence-electron chi connectivity index (χ2n) is 5.21. The van der Waals surface area contributed by atoms with E-state index in [4.69, 9.17) is 0 Å². The maximum atomic E-state index is 12.7. The smallest absolute Gasteiger partial charge is 0.255 e. The lowest BCUT2D eigenvalue weighted by Crippen LogP contribution is -2.45. The number of hydrogen-bond acceptors (Lipinski definition) is 2. The molecule has 1 aromatic heterocycles. The molecule has 19 heavy (non-hydrogen) atoms. The molecular formula is C15H21BrN2O. The first-order valence-electron chi connectivity index (χ1n) is 6.94. The number of aromatic nitrogens is 1. The van der Waals surface area contributed by atoms with Gasteiger partial charge in [0.2, 0.25) is 0 Å². The van der Waals surface area contributed by atoms with Crippen LogP contribution in [0.15, 0.2) is 12.1 Å². The fraction of sp³-hybridized carbons (Fsp3) is 0.600. The highest BCUT2D eigenvalue weighted by atomic mass is 79.9. The molecule has 1 aliphatic carbocycles. The highest BCUT2D eigenvalue weighted by Gasteiger charge is 2.29. The molecule has 0 unspecified atom stereocenters. The molecule has 1 amide bonds. The Hall–Kier alpha value is -0.900. The van der Waals surface area contributed by atoms with Crippen molar-refractivity contribution in [3.05, 3.63) is 29.1 Å². The van der Waals surface area contributed by atoms with Crippen LogP contribution in [0.5, 0.6) is 0 Å². The van der Waals surface area contributed by atoms with Gasteiger partial charge in [0, 0.05) is 23.6 Å². The predicted molar refractivity (Wildman–Crippen MR) is 80.8 cm³/mol. The third-order valence-corrected chi connectivity index (χ3v) is 4.33. The van der Waals surface area contributed by atoms with Crippen molar-refractivity contribution in [1.82, 2.24) is 9.88 Å². The number of aryl methyl sites for hydroxylation is 2. The summed E-state index contributed by atoms with van der Waals surface area (Å²) < 4.78 is 0. The fourth-order valence-electron chi connectivity index (χ4n) is 2.45. The molecule has 0 aliphatic heterocycles. The summed E-state index contributed by atoms with van der Waals surface area (Å²) in [5.74, 6) is 0.149. The third-order valence-electron chi connectivity index (χ3n) is 3.76. The van der Waals surface area contributed by atoms with Crippen molar-refractivity contribution in [3.8, 4) is 0 Å². The standard InChI is InChI=1S/C15H21BrN2O/c1-11-7-8-14(12(2)17-11)15(19)18(10-4-9-16)13-5-3-6-13/h7-8,13H,3-6,9-10H2,1-2H3. The second kappa shape index (κ2) is 6.51. The van der Waals surface area contributed by atoms with Crippen LogP contribution in [0.1, 0.15) is 47.4 Å². The molecule has 1 aliphatic rings. The van der Waals surface area contributed by atoms with E-state index in [1.165, 1.54) is 6.42 Å². The highest BCUT2D eigenvalue weighted by molar-refractivity contribution is 9.09. The Morgan fingerprint density at radius 2 is 2.16 bits per heavy atom. The lowest BCUT2D eigenvalue weighted by Gasteiger charge is -2.37. The van der Waals surface area contributed by atoms with Crippen LogP contribution in [-0.2, 0) is 0 Å². The largest absolute Gasteiger partial charge is 0.336 e. The van der Waals surface area contributed by atoms with Crippen molar-refractivity contribution in [2.45, 2.75) is 45.6 Å². The fourth-order valence-corrected chi connectivity index (χ4v) is 2.70. The summed E-state index contributed by atoms with van der Waals surface area (Å²) in [5.41, 5.74) is 2.56. The van der Waals surface area contributed by atoms with Gasteiger partial charge in [-0.3, -0.25) is 9.78 Å². The van der Waals surface area contributed by atoms with Gasteiger partial charge in [-0.2, -0.15) is 0 Å². The average Bonchev–Trinajstić information content (AvgIpc) is 2.31. The first-order chi connectivity index (χ1) is 9.13. The van der Waals surface area contributed by atoms with Crippen LogP contribution in [0.3, 0.4) is 0 Å². The van der Waals surface area contributed by atoms with E-state index in [1.807, 2.05) is 30.9 Å². The van der Waals surface area contributed by atoms with Gasteiger partial charge in [-0.1, -0.05) is 15.9 Å². The summed E-state index contributed by atoms with van der Waals surface area (Å²) in [6, 6.07) is 4.27. The Morgan fingerprint density at radius 1 is 1.42 bits per heavy atom. The summed E-state index contributed by atoms with van der Waals surface area (Å²) >= 11 is 3.45. The molecule has 2 rings (SSSR count). The van der Waals surface area contributed by atoms with Gasteiger partial charge in [0.25, 0.3) is 5.91 Å². The summed E-state index contributed by atoms with van der Waals surface area (Å²) in [6.07, 6.45) is 4.53. The van der Waals surface area contributed by atoms with Crippen molar-refractivity contribution in [2.24, 2.45) is 0 Å². The molecule has 0 saturated heterocycles. The van der Waals surface area contributed by atoms with Gasteiger partial charge in [0.15, 0.2) is 0 Å². The quantitative estimate of drug-likeness (QED) is 0.777. The highest BCUT2D eigenvalue weighted by Crippen LogP contribution is 2.27. The first kappa shape index (κ1) is 14.5. The summed E-state index contributed by atoms with van der Waals surface area (Å²) in [5, 5.41) is 0.939. The number of hydrogen-bond donors (Lipinski definition) is 0. The number of carbonyl (C=O) groups excluding carboxylic acids is 1. The minimum Gasteiger partial charge on any atom is -0.336 e. The van der Waals surface area contributed by atoms with Gasteiger partial charge in [-0.05, 0) is 51.7 Å². The molecular weight excluding hydrogens is 304 g/mol.